The molecule has 4 aliphatic rings. The van der Waals surface area contributed by atoms with Gasteiger partial charge >= 0.3 is 0 Å². The third-order valence-corrected chi connectivity index (χ3v) is 12.8. The molecular formula is C32H55ClO. The van der Waals surface area contributed by atoms with Crippen LogP contribution >= 0.6 is 11.6 Å². The Labute approximate surface area is 216 Å². The Morgan fingerprint density at radius 3 is 2.21 bits per heavy atom. The standard InChI is InChI=1S/C32H55ClO/c1-8-23(20(2)3)10-9-21(4)26-13-14-27-24-11-12-28-25(19-22(5)33)30(34)16-18-32(28,7)29(24)15-17-31(26,27)6/h20-21,23-30,34H,5,8-19H2,1-4,6-7H3/t21-,23+,24+,25+,26-,27+,28+,29+,30-,31-,32+/m1/s1. The van der Waals surface area contributed by atoms with Crippen molar-refractivity contribution in [3.05, 3.63) is 11.6 Å². The molecule has 11 atom stereocenters. The lowest BCUT2D eigenvalue weighted by molar-refractivity contribution is -0.152. The van der Waals surface area contributed by atoms with Crippen LogP contribution in [0.5, 0.6) is 0 Å². The minimum Gasteiger partial charge on any atom is -0.393 e. The van der Waals surface area contributed by atoms with E-state index in [2.05, 4.69) is 48.1 Å². The van der Waals surface area contributed by atoms with Gasteiger partial charge in [-0.2, -0.15) is 0 Å². The molecule has 0 radical (unpaired) electrons. The Hall–Kier alpha value is -0.0100. The van der Waals surface area contributed by atoms with Crippen molar-refractivity contribution in [2.45, 2.75) is 125 Å². The van der Waals surface area contributed by atoms with Crippen molar-refractivity contribution in [1.29, 1.82) is 0 Å². The lowest BCUT2D eigenvalue weighted by Crippen LogP contribution is -2.56. The van der Waals surface area contributed by atoms with E-state index >= 15 is 0 Å². The van der Waals surface area contributed by atoms with E-state index in [0.717, 1.165) is 59.3 Å². The monoisotopic (exact) mass is 490 g/mol. The largest absolute Gasteiger partial charge is 0.393 e. The molecule has 0 heterocycles. The van der Waals surface area contributed by atoms with Gasteiger partial charge in [-0.25, -0.2) is 0 Å². The molecule has 0 spiro atoms. The van der Waals surface area contributed by atoms with E-state index in [0.29, 0.717) is 22.7 Å². The molecule has 4 saturated carbocycles. The minimum atomic E-state index is -0.187. The van der Waals surface area contributed by atoms with E-state index < -0.39 is 0 Å². The SMILES string of the molecule is C=C(Cl)C[C@@H]1[C@H](O)CC[C@@]2(C)[C@H]1CC[C@@H]1[C@@H]2CC[C@]2(C)[C@@H]([C@H](C)CC[C@H](CC)C(C)C)CC[C@@H]12. The zero-order chi connectivity index (χ0) is 24.8. The molecule has 4 rings (SSSR count). The summed E-state index contributed by atoms with van der Waals surface area (Å²) < 4.78 is 0. The van der Waals surface area contributed by atoms with Crippen molar-refractivity contribution in [3.63, 3.8) is 0 Å². The lowest BCUT2D eigenvalue weighted by Gasteiger charge is -2.63. The molecule has 0 aliphatic heterocycles. The molecule has 0 saturated heterocycles. The summed E-state index contributed by atoms with van der Waals surface area (Å²) in [5, 5.41) is 11.6. The molecule has 4 fully saturated rings. The molecule has 196 valence electrons. The van der Waals surface area contributed by atoms with Crippen LogP contribution in [0.3, 0.4) is 0 Å². The number of aliphatic hydroxyl groups excluding tert-OH is 1. The summed E-state index contributed by atoms with van der Waals surface area (Å²) in [6.45, 7) is 19.1. The van der Waals surface area contributed by atoms with Crippen molar-refractivity contribution in [2.24, 2.45) is 64.1 Å². The van der Waals surface area contributed by atoms with Crippen molar-refractivity contribution in [2.75, 3.05) is 0 Å². The maximum absolute atomic E-state index is 10.9. The number of allylic oxidation sites excluding steroid dienone is 1. The van der Waals surface area contributed by atoms with E-state index in [1.54, 1.807) is 0 Å². The molecule has 0 unspecified atom stereocenters. The molecule has 0 bridgehead atoms. The van der Waals surface area contributed by atoms with E-state index in [9.17, 15) is 5.11 Å². The number of aliphatic hydroxyl groups is 1. The molecule has 34 heavy (non-hydrogen) atoms. The van der Waals surface area contributed by atoms with Gasteiger partial charge in [0.05, 0.1) is 6.10 Å². The van der Waals surface area contributed by atoms with E-state index in [1.807, 2.05) is 0 Å². The van der Waals surface area contributed by atoms with E-state index in [1.165, 1.54) is 64.2 Å². The average Bonchev–Trinajstić information content (AvgIpc) is 3.13. The van der Waals surface area contributed by atoms with Crippen LogP contribution < -0.4 is 0 Å². The predicted octanol–water partition coefficient (Wildman–Crippen LogP) is 9.47. The fraction of sp³-hybridized carbons (Fsp3) is 0.938. The van der Waals surface area contributed by atoms with Crippen molar-refractivity contribution < 1.29 is 5.11 Å². The minimum absolute atomic E-state index is 0.187. The maximum atomic E-state index is 10.9. The molecule has 4 aliphatic carbocycles. The highest BCUT2D eigenvalue weighted by molar-refractivity contribution is 6.29. The van der Waals surface area contributed by atoms with Gasteiger partial charge in [-0.1, -0.05) is 72.6 Å². The van der Waals surface area contributed by atoms with Gasteiger partial charge in [-0.15, -0.1) is 0 Å². The smallest absolute Gasteiger partial charge is 0.0575 e. The average molecular weight is 491 g/mol. The van der Waals surface area contributed by atoms with E-state index in [4.69, 9.17) is 11.6 Å². The van der Waals surface area contributed by atoms with Crippen LogP contribution in [0, 0.1) is 64.1 Å². The Kier molecular flexibility index (Phi) is 8.27. The van der Waals surface area contributed by atoms with Crippen LogP contribution in [0.15, 0.2) is 11.6 Å². The lowest BCUT2D eigenvalue weighted by atomic mass is 9.43. The van der Waals surface area contributed by atoms with Crippen LogP contribution in [-0.4, -0.2) is 11.2 Å². The normalized spacial score (nSPS) is 45.9. The first-order valence-corrected chi connectivity index (χ1v) is 15.4. The molecule has 2 heteroatoms. The number of fused-ring (bicyclic) bond motifs is 5. The first kappa shape index (κ1) is 27.0. The molecule has 0 aromatic carbocycles. The zero-order valence-electron chi connectivity index (χ0n) is 23.3. The topological polar surface area (TPSA) is 20.2 Å². The highest BCUT2D eigenvalue weighted by atomic mass is 35.5. The second kappa shape index (κ2) is 10.4. The fourth-order valence-corrected chi connectivity index (χ4v) is 10.9. The summed E-state index contributed by atoms with van der Waals surface area (Å²) in [6.07, 6.45) is 15.5. The van der Waals surface area contributed by atoms with Gasteiger partial charge in [0.25, 0.3) is 0 Å². The Balaban J connectivity index is 1.48. The Bertz CT molecular complexity index is 716. The summed E-state index contributed by atoms with van der Waals surface area (Å²) >= 11 is 6.29. The van der Waals surface area contributed by atoms with Gasteiger partial charge in [0.1, 0.15) is 0 Å². The second-order valence-electron chi connectivity index (χ2n) is 14.3. The molecule has 0 aromatic rings. The molecular weight excluding hydrogens is 436 g/mol. The Morgan fingerprint density at radius 2 is 1.56 bits per heavy atom. The van der Waals surface area contributed by atoms with Crippen LogP contribution in [0.1, 0.15) is 119 Å². The second-order valence-corrected chi connectivity index (χ2v) is 14.8. The van der Waals surface area contributed by atoms with Crippen molar-refractivity contribution >= 4 is 11.6 Å². The molecule has 1 N–H and O–H groups in total. The summed E-state index contributed by atoms with van der Waals surface area (Å²) in [6, 6.07) is 0. The number of hydrogen-bond donors (Lipinski definition) is 1. The number of halogens is 1. The highest BCUT2D eigenvalue weighted by Gasteiger charge is 2.61. The fourth-order valence-electron chi connectivity index (χ4n) is 10.7. The number of hydrogen-bond acceptors (Lipinski definition) is 1. The first-order chi connectivity index (χ1) is 16.0. The quantitative estimate of drug-likeness (QED) is 0.359. The van der Waals surface area contributed by atoms with Crippen LogP contribution in [-0.2, 0) is 0 Å². The molecule has 1 nitrogen and oxygen atoms in total. The summed E-state index contributed by atoms with van der Waals surface area (Å²) in [4.78, 5) is 0. The van der Waals surface area contributed by atoms with Crippen molar-refractivity contribution in [3.8, 4) is 0 Å². The van der Waals surface area contributed by atoms with Crippen LogP contribution in [0.2, 0.25) is 0 Å². The number of rotatable bonds is 8. The first-order valence-electron chi connectivity index (χ1n) is 15.0. The summed E-state index contributed by atoms with van der Waals surface area (Å²) in [5.74, 6) is 7.15. The zero-order valence-corrected chi connectivity index (χ0v) is 24.0. The Morgan fingerprint density at radius 1 is 0.912 bits per heavy atom. The molecule has 0 amide bonds. The van der Waals surface area contributed by atoms with E-state index in [-0.39, 0.29) is 6.10 Å². The maximum Gasteiger partial charge on any atom is 0.0575 e. The highest BCUT2D eigenvalue weighted by Crippen LogP contribution is 2.69. The van der Waals surface area contributed by atoms with Crippen molar-refractivity contribution in [1.82, 2.24) is 0 Å². The molecule has 0 aromatic heterocycles. The van der Waals surface area contributed by atoms with Gasteiger partial charge in [0, 0.05) is 5.03 Å². The van der Waals surface area contributed by atoms with Gasteiger partial charge < -0.3 is 5.11 Å². The van der Waals surface area contributed by atoms with Gasteiger partial charge in [0.2, 0.25) is 0 Å². The van der Waals surface area contributed by atoms with Gasteiger partial charge in [-0.05, 0) is 128 Å². The summed E-state index contributed by atoms with van der Waals surface area (Å²) in [7, 11) is 0. The predicted molar refractivity (Wildman–Crippen MR) is 147 cm³/mol. The van der Waals surface area contributed by atoms with Crippen LogP contribution in [0.4, 0.5) is 0 Å². The third-order valence-electron chi connectivity index (χ3n) is 12.6. The van der Waals surface area contributed by atoms with Gasteiger partial charge in [-0.3, -0.25) is 0 Å². The van der Waals surface area contributed by atoms with Gasteiger partial charge in [0.15, 0.2) is 0 Å². The summed E-state index contributed by atoms with van der Waals surface area (Å²) in [5.41, 5.74) is 0.942. The van der Waals surface area contributed by atoms with Crippen LogP contribution in [0.25, 0.3) is 0 Å². The third kappa shape index (κ3) is 4.68.